The fourth-order valence-electron chi connectivity index (χ4n) is 1.41. The third-order valence-electron chi connectivity index (χ3n) is 2.31. The molecule has 18 heavy (non-hydrogen) atoms. The molecule has 1 aromatic carbocycles. The molecule has 0 saturated heterocycles. The van der Waals surface area contributed by atoms with Gasteiger partial charge < -0.3 is 10.6 Å². The molecule has 2 rings (SSSR count). The zero-order chi connectivity index (χ0) is 13.0. The number of thiazole rings is 1. The molecule has 0 spiro atoms. The highest BCUT2D eigenvalue weighted by Gasteiger charge is 2.09. The van der Waals surface area contributed by atoms with Gasteiger partial charge in [0.1, 0.15) is 0 Å². The Morgan fingerprint density at radius 3 is 2.89 bits per heavy atom. The van der Waals surface area contributed by atoms with Crippen molar-refractivity contribution in [1.29, 1.82) is 0 Å². The summed E-state index contributed by atoms with van der Waals surface area (Å²) in [5, 5.41) is 8.57. The molecular formula is C12H12BrN3OS. The maximum Gasteiger partial charge on any atom is 0.252 e. The van der Waals surface area contributed by atoms with Crippen molar-refractivity contribution in [2.24, 2.45) is 0 Å². The molecule has 4 nitrogen and oxygen atoms in total. The number of benzene rings is 1. The van der Waals surface area contributed by atoms with Gasteiger partial charge in [-0.3, -0.25) is 4.79 Å². The maximum absolute atomic E-state index is 11.9. The third kappa shape index (κ3) is 3.08. The van der Waals surface area contributed by atoms with Crippen molar-refractivity contribution >= 4 is 38.3 Å². The van der Waals surface area contributed by atoms with E-state index < -0.39 is 0 Å². The van der Waals surface area contributed by atoms with Crippen LogP contribution in [0.25, 0.3) is 0 Å². The topological polar surface area (TPSA) is 54.0 Å². The lowest BCUT2D eigenvalue weighted by molar-refractivity contribution is 0.0949. The first-order valence-electron chi connectivity index (χ1n) is 5.35. The van der Waals surface area contributed by atoms with E-state index in [1.54, 1.807) is 6.07 Å². The summed E-state index contributed by atoms with van der Waals surface area (Å²) in [7, 11) is 1.82. The van der Waals surface area contributed by atoms with E-state index in [1.165, 1.54) is 11.3 Å². The summed E-state index contributed by atoms with van der Waals surface area (Å²) in [5.74, 6) is -0.110. The van der Waals surface area contributed by atoms with Crippen LogP contribution in [0.1, 0.15) is 16.1 Å². The van der Waals surface area contributed by atoms with Crippen molar-refractivity contribution in [3.05, 3.63) is 45.4 Å². The molecule has 0 radical (unpaired) electrons. The van der Waals surface area contributed by atoms with Gasteiger partial charge >= 0.3 is 0 Å². The van der Waals surface area contributed by atoms with Gasteiger partial charge in [-0.25, -0.2) is 4.98 Å². The van der Waals surface area contributed by atoms with Crippen molar-refractivity contribution in [3.63, 3.8) is 0 Å². The number of anilines is 1. The summed E-state index contributed by atoms with van der Waals surface area (Å²) in [6, 6.07) is 7.33. The van der Waals surface area contributed by atoms with Crippen molar-refractivity contribution in [1.82, 2.24) is 10.3 Å². The van der Waals surface area contributed by atoms with Gasteiger partial charge in [-0.15, -0.1) is 11.3 Å². The fourth-order valence-corrected chi connectivity index (χ4v) is 2.55. The fraction of sp³-hybridized carbons (Fsp3) is 0.167. The summed E-state index contributed by atoms with van der Waals surface area (Å²) in [6.45, 7) is 0.429. The number of rotatable bonds is 4. The molecule has 1 heterocycles. The molecule has 94 valence electrons. The van der Waals surface area contributed by atoms with Crippen LogP contribution < -0.4 is 10.6 Å². The van der Waals surface area contributed by atoms with Gasteiger partial charge in [-0.05, 0) is 28.1 Å². The van der Waals surface area contributed by atoms with E-state index in [-0.39, 0.29) is 5.91 Å². The van der Waals surface area contributed by atoms with Crippen LogP contribution in [0.5, 0.6) is 0 Å². The number of aromatic nitrogens is 1. The van der Waals surface area contributed by atoms with E-state index >= 15 is 0 Å². The quantitative estimate of drug-likeness (QED) is 0.908. The second kappa shape index (κ2) is 5.97. The Balaban J connectivity index is 1.98. The van der Waals surface area contributed by atoms with E-state index in [4.69, 9.17) is 0 Å². The van der Waals surface area contributed by atoms with Crippen molar-refractivity contribution in [3.8, 4) is 0 Å². The number of hydrogen-bond acceptors (Lipinski definition) is 4. The lowest BCUT2D eigenvalue weighted by Gasteiger charge is -2.04. The van der Waals surface area contributed by atoms with E-state index in [0.29, 0.717) is 12.1 Å². The number of amides is 1. The minimum absolute atomic E-state index is 0.110. The number of nitrogens with one attached hydrogen (secondary N) is 2. The first-order chi connectivity index (χ1) is 8.70. The number of hydrogen-bond donors (Lipinski definition) is 2. The predicted molar refractivity (Wildman–Crippen MR) is 77.0 cm³/mol. The Hall–Kier alpha value is -1.40. The molecule has 0 aliphatic heterocycles. The number of carbonyl (C=O) groups is 1. The second-order valence-electron chi connectivity index (χ2n) is 3.56. The van der Waals surface area contributed by atoms with Crippen LogP contribution in [0.4, 0.5) is 5.13 Å². The second-order valence-corrected chi connectivity index (χ2v) is 5.27. The van der Waals surface area contributed by atoms with Crippen LogP contribution in [-0.4, -0.2) is 17.9 Å². The molecule has 1 aromatic heterocycles. The average Bonchev–Trinajstić information content (AvgIpc) is 2.84. The summed E-state index contributed by atoms with van der Waals surface area (Å²) >= 11 is 4.87. The van der Waals surface area contributed by atoms with Gasteiger partial charge in [-0.2, -0.15) is 0 Å². The van der Waals surface area contributed by atoms with Crippen molar-refractivity contribution in [2.75, 3.05) is 12.4 Å². The first kappa shape index (κ1) is 13.0. The third-order valence-corrected chi connectivity index (χ3v) is 3.91. The van der Waals surface area contributed by atoms with Gasteiger partial charge in [0, 0.05) is 16.9 Å². The molecule has 6 heteroatoms. The average molecular weight is 326 g/mol. The Labute approximate surface area is 118 Å². The summed E-state index contributed by atoms with van der Waals surface area (Å²) in [6.07, 6.45) is 0. The molecule has 0 aliphatic carbocycles. The molecule has 0 bridgehead atoms. The van der Waals surface area contributed by atoms with E-state index in [9.17, 15) is 4.79 Å². The molecule has 2 aromatic rings. The molecule has 2 N–H and O–H groups in total. The Kier molecular flexibility index (Phi) is 4.33. The minimum atomic E-state index is -0.110. The molecular weight excluding hydrogens is 314 g/mol. The maximum atomic E-state index is 11.9. The summed E-state index contributed by atoms with van der Waals surface area (Å²) in [4.78, 5) is 16.2. The standard InChI is InChI=1S/C12H12BrN3OS/c1-14-12-16-8(7-18-12)6-15-11(17)9-4-2-3-5-10(9)13/h2-5,7H,6H2,1H3,(H,14,16)(H,15,17). The van der Waals surface area contributed by atoms with Crippen LogP contribution in [0.2, 0.25) is 0 Å². The SMILES string of the molecule is CNc1nc(CNC(=O)c2ccccc2Br)cs1. The van der Waals surface area contributed by atoms with Crippen LogP contribution >= 0.6 is 27.3 Å². The molecule has 0 fully saturated rings. The van der Waals surface area contributed by atoms with Crippen LogP contribution in [0.3, 0.4) is 0 Å². The van der Waals surface area contributed by atoms with E-state index in [1.807, 2.05) is 30.6 Å². The highest BCUT2D eigenvalue weighted by Crippen LogP contribution is 2.17. The highest BCUT2D eigenvalue weighted by molar-refractivity contribution is 9.10. The summed E-state index contributed by atoms with van der Waals surface area (Å²) in [5.41, 5.74) is 1.48. The van der Waals surface area contributed by atoms with Crippen molar-refractivity contribution < 1.29 is 4.79 Å². The van der Waals surface area contributed by atoms with Gasteiger partial charge in [0.25, 0.3) is 5.91 Å². The monoisotopic (exact) mass is 325 g/mol. The Morgan fingerprint density at radius 1 is 1.44 bits per heavy atom. The molecule has 0 aliphatic rings. The molecule has 0 atom stereocenters. The van der Waals surface area contributed by atoms with Gasteiger partial charge in [0.2, 0.25) is 0 Å². The van der Waals surface area contributed by atoms with E-state index in [2.05, 4.69) is 31.5 Å². The normalized spacial score (nSPS) is 10.1. The van der Waals surface area contributed by atoms with E-state index in [0.717, 1.165) is 15.3 Å². The molecule has 0 unspecified atom stereocenters. The zero-order valence-corrected chi connectivity index (χ0v) is 12.1. The van der Waals surface area contributed by atoms with Gasteiger partial charge in [-0.1, -0.05) is 12.1 Å². The Morgan fingerprint density at radius 2 is 2.22 bits per heavy atom. The highest BCUT2D eigenvalue weighted by atomic mass is 79.9. The van der Waals surface area contributed by atoms with Crippen LogP contribution in [0, 0.1) is 0 Å². The predicted octanol–water partition coefficient (Wildman–Crippen LogP) is 2.88. The first-order valence-corrected chi connectivity index (χ1v) is 7.03. The van der Waals surface area contributed by atoms with Gasteiger partial charge in [0.15, 0.2) is 5.13 Å². The smallest absolute Gasteiger partial charge is 0.252 e. The van der Waals surface area contributed by atoms with Crippen molar-refractivity contribution in [2.45, 2.75) is 6.54 Å². The zero-order valence-electron chi connectivity index (χ0n) is 9.74. The number of nitrogens with zero attached hydrogens (tertiary/aromatic N) is 1. The summed E-state index contributed by atoms with van der Waals surface area (Å²) < 4.78 is 0.789. The van der Waals surface area contributed by atoms with Crippen LogP contribution in [0.15, 0.2) is 34.1 Å². The molecule has 0 saturated carbocycles. The largest absolute Gasteiger partial charge is 0.365 e. The van der Waals surface area contributed by atoms with Gasteiger partial charge in [0.05, 0.1) is 17.8 Å². The van der Waals surface area contributed by atoms with Crippen LogP contribution in [-0.2, 0) is 6.54 Å². The number of carbonyl (C=O) groups excluding carboxylic acids is 1. The Bertz CT molecular complexity index is 556. The minimum Gasteiger partial charge on any atom is -0.365 e. The lowest BCUT2D eigenvalue weighted by Crippen LogP contribution is -2.23. The molecule has 1 amide bonds. The number of halogens is 1. The lowest BCUT2D eigenvalue weighted by atomic mass is 10.2.